The summed E-state index contributed by atoms with van der Waals surface area (Å²) in [5.41, 5.74) is 5.79. The zero-order chi connectivity index (χ0) is 30.1. The van der Waals surface area contributed by atoms with Crippen molar-refractivity contribution < 1.29 is 9.47 Å². The van der Waals surface area contributed by atoms with Crippen molar-refractivity contribution in [1.82, 2.24) is 0 Å². The first-order valence-corrected chi connectivity index (χ1v) is 18.2. The van der Waals surface area contributed by atoms with Gasteiger partial charge < -0.3 is 9.47 Å². The minimum absolute atomic E-state index is 0.834. The summed E-state index contributed by atoms with van der Waals surface area (Å²) < 4.78 is 12.6. The fourth-order valence-corrected chi connectivity index (χ4v) is 5.81. The van der Waals surface area contributed by atoms with Gasteiger partial charge in [0.1, 0.15) is 27.2 Å². The van der Waals surface area contributed by atoms with E-state index >= 15 is 0 Å². The van der Waals surface area contributed by atoms with Gasteiger partial charge in [0.15, 0.2) is 0 Å². The Morgan fingerprint density at radius 2 is 0.857 bits per heavy atom. The van der Waals surface area contributed by atoms with Crippen LogP contribution in [0, 0.1) is 0 Å². The van der Waals surface area contributed by atoms with Gasteiger partial charge in [-0.25, -0.2) is 0 Å². The van der Waals surface area contributed by atoms with E-state index in [1.54, 1.807) is 0 Å². The predicted molar refractivity (Wildman–Crippen MR) is 191 cm³/mol. The summed E-state index contributed by atoms with van der Waals surface area (Å²) in [4.78, 5) is 0. The van der Waals surface area contributed by atoms with Crippen LogP contribution in [0.25, 0.3) is 0 Å². The van der Waals surface area contributed by atoms with Gasteiger partial charge in [-0.15, -0.1) is 0 Å². The highest BCUT2D eigenvalue weighted by atomic mass is 16.5. The number of unbranched alkanes of at least 4 members (excludes halogenated alkanes) is 11. The molecule has 234 valence electrons. The van der Waals surface area contributed by atoms with Crippen LogP contribution in [-0.2, 0) is 25.7 Å². The Morgan fingerprint density at radius 1 is 0.452 bits per heavy atom. The maximum absolute atomic E-state index is 6.31. The monoisotopic (exact) mass is 575 g/mol. The van der Waals surface area contributed by atoms with E-state index in [1.807, 2.05) is 0 Å². The number of rotatable bonds is 27. The van der Waals surface area contributed by atoms with E-state index in [0.29, 0.717) is 0 Å². The van der Waals surface area contributed by atoms with E-state index in [2.05, 4.69) is 65.9 Å². The SMILES string of the molecule is BCCCCOc1ccc(CCCCCCC)cc1CCCCc1cc(CCCCCCC)ccc1OCCCCB. The first-order valence-electron chi connectivity index (χ1n) is 18.2. The van der Waals surface area contributed by atoms with Crippen LogP contribution in [0.1, 0.15) is 139 Å². The molecule has 0 unspecified atom stereocenters. The average molecular weight is 575 g/mol. The van der Waals surface area contributed by atoms with Crippen molar-refractivity contribution >= 4 is 15.7 Å². The Bertz CT molecular complexity index is 854. The summed E-state index contributed by atoms with van der Waals surface area (Å²) in [6, 6.07) is 14.1. The number of aryl methyl sites for hydroxylation is 4. The van der Waals surface area contributed by atoms with Crippen molar-refractivity contribution in [3.8, 4) is 11.5 Å². The summed E-state index contributed by atoms with van der Waals surface area (Å²) in [6.45, 7) is 6.25. The molecule has 0 saturated carbocycles. The molecule has 0 fully saturated rings. The molecule has 2 nitrogen and oxygen atoms in total. The Kier molecular flexibility index (Phi) is 21.3. The van der Waals surface area contributed by atoms with Crippen LogP contribution in [0.15, 0.2) is 36.4 Å². The summed E-state index contributed by atoms with van der Waals surface area (Å²) in [5.74, 6) is 2.23. The van der Waals surface area contributed by atoms with Gasteiger partial charge in [-0.05, 0) is 98.6 Å². The molecule has 42 heavy (non-hydrogen) atoms. The molecular formula is C38H64B2O2. The number of hydrogen-bond donors (Lipinski definition) is 0. The van der Waals surface area contributed by atoms with Crippen molar-refractivity contribution in [2.45, 2.75) is 155 Å². The largest absolute Gasteiger partial charge is 0.493 e. The lowest BCUT2D eigenvalue weighted by molar-refractivity contribution is 0.305. The van der Waals surface area contributed by atoms with Gasteiger partial charge in [0.25, 0.3) is 0 Å². The molecular weight excluding hydrogens is 510 g/mol. The van der Waals surface area contributed by atoms with Crippen LogP contribution < -0.4 is 9.47 Å². The van der Waals surface area contributed by atoms with Crippen molar-refractivity contribution in [2.75, 3.05) is 13.2 Å². The quantitative estimate of drug-likeness (QED) is 0.0781. The molecule has 2 rings (SSSR count). The smallest absolute Gasteiger partial charge is 0.122 e. The van der Waals surface area contributed by atoms with Crippen LogP contribution in [0.4, 0.5) is 0 Å². The first kappa shape index (κ1) is 36.4. The Labute approximate surface area is 263 Å². The second kappa shape index (κ2) is 24.6. The van der Waals surface area contributed by atoms with E-state index < -0.39 is 0 Å². The topological polar surface area (TPSA) is 18.5 Å². The molecule has 0 saturated heterocycles. The highest BCUT2D eigenvalue weighted by molar-refractivity contribution is 6.08. The van der Waals surface area contributed by atoms with Crippen LogP contribution >= 0.6 is 0 Å². The maximum atomic E-state index is 6.31. The lowest BCUT2D eigenvalue weighted by atomic mass is 9.97. The van der Waals surface area contributed by atoms with E-state index in [0.717, 1.165) is 50.4 Å². The van der Waals surface area contributed by atoms with E-state index in [1.165, 1.54) is 138 Å². The van der Waals surface area contributed by atoms with Gasteiger partial charge in [0.2, 0.25) is 0 Å². The van der Waals surface area contributed by atoms with Gasteiger partial charge in [0.05, 0.1) is 13.2 Å². The predicted octanol–water partition coefficient (Wildman–Crippen LogP) is 9.70. The van der Waals surface area contributed by atoms with Crippen molar-refractivity contribution in [1.29, 1.82) is 0 Å². The second-order valence-electron chi connectivity index (χ2n) is 12.5. The molecule has 0 bridgehead atoms. The van der Waals surface area contributed by atoms with E-state index in [4.69, 9.17) is 9.47 Å². The summed E-state index contributed by atoms with van der Waals surface area (Å²) in [7, 11) is 4.51. The molecule has 4 heteroatoms. The number of ether oxygens (including phenoxy) is 2. The Morgan fingerprint density at radius 3 is 1.26 bits per heavy atom. The summed E-state index contributed by atoms with van der Waals surface area (Å²) >= 11 is 0. The molecule has 2 aromatic carbocycles. The van der Waals surface area contributed by atoms with Crippen LogP contribution in [0.2, 0.25) is 12.6 Å². The molecule has 2 aromatic rings. The molecule has 0 radical (unpaired) electrons. The van der Waals surface area contributed by atoms with Crippen molar-refractivity contribution in [3.63, 3.8) is 0 Å². The second-order valence-corrected chi connectivity index (χ2v) is 12.5. The molecule has 0 amide bonds. The fraction of sp³-hybridized carbons (Fsp3) is 0.684. The van der Waals surface area contributed by atoms with Gasteiger partial charge in [-0.3, -0.25) is 0 Å². The molecule has 0 aliphatic heterocycles. The normalized spacial score (nSPS) is 11.2. The lowest BCUT2D eigenvalue weighted by Crippen LogP contribution is -2.03. The maximum Gasteiger partial charge on any atom is 0.122 e. The highest BCUT2D eigenvalue weighted by Gasteiger charge is 2.09. The molecule has 0 aromatic heterocycles. The molecule has 0 heterocycles. The molecule has 0 aliphatic carbocycles. The third-order valence-corrected chi connectivity index (χ3v) is 8.54. The third kappa shape index (κ3) is 16.1. The zero-order valence-corrected chi connectivity index (χ0v) is 28.3. The minimum Gasteiger partial charge on any atom is -0.493 e. The van der Waals surface area contributed by atoms with E-state index in [-0.39, 0.29) is 0 Å². The molecule has 0 spiro atoms. The molecule has 0 N–H and O–H groups in total. The summed E-state index contributed by atoms with van der Waals surface area (Å²) in [5, 5.41) is 0. The zero-order valence-electron chi connectivity index (χ0n) is 28.3. The van der Waals surface area contributed by atoms with Gasteiger partial charge in [-0.1, -0.05) is 115 Å². The minimum atomic E-state index is 0.834. The first-order chi connectivity index (χ1) is 20.7. The number of hydrogen-bond acceptors (Lipinski definition) is 2. The standard InChI is InChI=1S/C38H64B2O2/c1-3-5-7-9-11-19-33-23-25-37(41-29-17-15-27-39)35(31-33)21-13-14-22-36-32-34(20-12-10-8-6-4-2)24-26-38(36)42-30-18-16-28-40/h23-26,31-32H,3-22,27-30,39-40H2,1-2H3. The fourth-order valence-electron chi connectivity index (χ4n) is 5.81. The Balaban J connectivity index is 1.99. The van der Waals surface area contributed by atoms with Gasteiger partial charge in [-0.2, -0.15) is 0 Å². The van der Waals surface area contributed by atoms with Crippen LogP contribution in [0.5, 0.6) is 11.5 Å². The average Bonchev–Trinajstić information content (AvgIpc) is 3.01. The van der Waals surface area contributed by atoms with Crippen molar-refractivity contribution in [2.24, 2.45) is 0 Å². The number of benzene rings is 2. The van der Waals surface area contributed by atoms with Crippen molar-refractivity contribution in [3.05, 3.63) is 58.7 Å². The third-order valence-electron chi connectivity index (χ3n) is 8.54. The van der Waals surface area contributed by atoms with Crippen LogP contribution in [0.3, 0.4) is 0 Å². The van der Waals surface area contributed by atoms with Gasteiger partial charge >= 0.3 is 0 Å². The highest BCUT2D eigenvalue weighted by Crippen LogP contribution is 2.27. The Hall–Kier alpha value is -1.83. The summed E-state index contributed by atoms with van der Waals surface area (Å²) in [6.07, 6.45) is 27.5. The van der Waals surface area contributed by atoms with Crippen LogP contribution in [-0.4, -0.2) is 28.9 Å². The van der Waals surface area contributed by atoms with E-state index in [9.17, 15) is 0 Å². The lowest BCUT2D eigenvalue weighted by Gasteiger charge is -2.15. The molecule has 0 aliphatic rings. The molecule has 0 atom stereocenters. The van der Waals surface area contributed by atoms with Gasteiger partial charge in [0, 0.05) is 0 Å².